The minimum absolute atomic E-state index is 0.00869. The van der Waals surface area contributed by atoms with Crippen molar-refractivity contribution in [3.63, 3.8) is 0 Å². The summed E-state index contributed by atoms with van der Waals surface area (Å²) in [5.41, 5.74) is 0. The van der Waals surface area contributed by atoms with E-state index in [-0.39, 0.29) is 11.9 Å². The fourth-order valence-corrected chi connectivity index (χ4v) is 1.84. The molecule has 0 amide bonds. The standard InChI is InChI=1S/C13H22O2/c1-2-3-4-5-6-7-8-9-12-10-11-15-13(12)14/h6-7,12H,2-5,8-11H2,1H3/b7-6+. The molecule has 0 spiro atoms. The van der Waals surface area contributed by atoms with E-state index in [4.69, 9.17) is 4.74 Å². The highest BCUT2D eigenvalue weighted by molar-refractivity contribution is 5.74. The van der Waals surface area contributed by atoms with Gasteiger partial charge >= 0.3 is 5.97 Å². The van der Waals surface area contributed by atoms with Gasteiger partial charge in [-0.25, -0.2) is 0 Å². The highest BCUT2D eigenvalue weighted by Crippen LogP contribution is 2.19. The van der Waals surface area contributed by atoms with Gasteiger partial charge in [-0.15, -0.1) is 0 Å². The van der Waals surface area contributed by atoms with E-state index in [0.29, 0.717) is 6.61 Å². The highest BCUT2D eigenvalue weighted by Gasteiger charge is 2.24. The Morgan fingerprint density at radius 2 is 2.13 bits per heavy atom. The van der Waals surface area contributed by atoms with Gasteiger partial charge in [-0.05, 0) is 32.1 Å². The molecule has 0 N–H and O–H groups in total. The molecule has 0 bridgehead atoms. The summed E-state index contributed by atoms with van der Waals surface area (Å²) in [6, 6.07) is 0. The lowest BCUT2D eigenvalue weighted by molar-refractivity contribution is -0.141. The average Bonchev–Trinajstić information content (AvgIpc) is 2.63. The first kappa shape index (κ1) is 12.3. The third-order valence-corrected chi connectivity index (χ3v) is 2.87. The van der Waals surface area contributed by atoms with E-state index in [1.54, 1.807) is 0 Å². The molecule has 1 aliphatic heterocycles. The van der Waals surface area contributed by atoms with Crippen molar-refractivity contribution in [2.75, 3.05) is 6.61 Å². The summed E-state index contributed by atoms with van der Waals surface area (Å²) < 4.78 is 4.91. The van der Waals surface area contributed by atoms with Crippen molar-refractivity contribution in [3.05, 3.63) is 12.2 Å². The van der Waals surface area contributed by atoms with Gasteiger partial charge in [0.15, 0.2) is 0 Å². The maximum Gasteiger partial charge on any atom is 0.309 e. The van der Waals surface area contributed by atoms with Crippen molar-refractivity contribution in [2.45, 2.75) is 51.9 Å². The van der Waals surface area contributed by atoms with Crippen LogP contribution in [0.15, 0.2) is 12.2 Å². The van der Waals surface area contributed by atoms with Crippen molar-refractivity contribution in [1.82, 2.24) is 0 Å². The predicted octanol–water partition coefficient (Wildman–Crippen LogP) is 3.47. The second-order valence-corrected chi connectivity index (χ2v) is 4.20. The third-order valence-electron chi connectivity index (χ3n) is 2.87. The van der Waals surface area contributed by atoms with E-state index in [9.17, 15) is 4.79 Å². The molecule has 1 unspecified atom stereocenters. The molecule has 0 aliphatic carbocycles. The molecule has 2 nitrogen and oxygen atoms in total. The normalized spacial score (nSPS) is 21.1. The Kier molecular flexibility index (Phi) is 6.14. The monoisotopic (exact) mass is 210 g/mol. The fourth-order valence-electron chi connectivity index (χ4n) is 1.84. The number of esters is 1. The Labute approximate surface area is 92.7 Å². The molecule has 1 aliphatic rings. The first-order valence-electron chi connectivity index (χ1n) is 6.16. The first-order chi connectivity index (χ1) is 7.34. The Morgan fingerprint density at radius 1 is 1.33 bits per heavy atom. The van der Waals surface area contributed by atoms with Gasteiger partial charge in [0.1, 0.15) is 0 Å². The van der Waals surface area contributed by atoms with Gasteiger partial charge in [0, 0.05) is 0 Å². The topological polar surface area (TPSA) is 26.3 Å². The van der Waals surface area contributed by atoms with Crippen LogP contribution in [0.1, 0.15) is 51.9 Å². The molecular formula is C13H22O2. The lowest BCUT2D eigenvalue weighted by Gasteiger charge is -2.01. The highest BCUT2D eigenvalue weighted by atomic mass is 16.5. The summed E-state index contributed by atoms with van der Waals surface area (Å²) in [6.45, 7) is 2.85. The number of ether oxygens (including phenoxy) is 1. The number of carbonyl (C=O) groups is 1. The van der Waals surface area contributed by atoms with E-state index in [2.05, 4.69) is 19.1 Å². The summed E-state index contributed by atoms with van der Waals surface area (Å²) in [5.74, 6) is 0.180. The van der Waals surface area contributed by atoms with Gasteiger partial charge in [0.25, 0.3) is 0 Å². The molecule has 2 heteroatoms. The van der Waals surface area contributed by atoms with Crippen molar-refractivity contribution in [2.24, 2.45) is 5.92 Å². The number of hydrogen-bond donors (Lipinski definition) is 0. The maximum atomic E-state index is 11.1. The second kappa shape index (κ2) is 7.49. The van der Waals surface area contributed by atoms with Crippen LogP contribution < -0.4 is 0 Å². The van der Waals surface area contributed by atoms with Gasteiger partial charge in [0.2, 0.25) is 0 Å². The zero-order valence-corrected chi connectivity index (χ0v) is 9.71. The van der Waals surface area contributed by atoms with Gasteiger partial charge in [-0.3, -0.25) is 4.79 Å². The van der Waals surface area contributed by atoms with Gasteiger partial charge in [-0.1, -0.05) is 31.9 Å². The molecule has 0 radical (unpaired) electrons. The van der Waals surface area contributed by atoms with Crippen LogP contribution in [0.4, 0.5) is 0 Å². The maximum absolute atomic E-state index is 11.1. The Bertz CT molecular complexity index is 209. The number of rotatable bonds is 7. The first-order valence-corrected chi connectivity index (χ1v) is 6.16. The quantitative estimate of drug-likeness (QED) is 0.365. The van der Waals surface area contributed by atoms with Crippen LogP contribution in [0, 0.1) is 5.92 Å². The fraction of sp³-hybridized carbons (Fsp3) is 0.769. The third kappa shape index (κ3) is 5.01. The van der Waals surface area contributed by atoms with Crippen LogP contribution in [0.3, 0.4) is 0 Å². The van der Waals surface area contributed by atoms with Crippen molar-refractivity contribution >= 4 is 5.97 Å². The molecule has 0 aromatic carbocycles. The van der Waals surface area contributed by atoms with Crippen LogP contribution in [0.5, 0.6) is 0 Å². The molecule has 15 heavy (non-hydrogen) atoms. The number of cyclic esters (lactones) is 1. The van der Waals surface area contributed by atoms with Gasteiger partial charge in [-0.2, -0.15) is 0 Å². The smallest absolute Gasteiger partial charge is 0.309 e. The molecule has 0 saturated carbocycles. The van der Waals surface area contributed by atoms with Crippen molar-refractivity contribution in [1.29, 1.82) is 0 Å². The van der Waals surface area contributed by atoms with Crippen LogP contribution in [0.25, 0.3) is 0 Å². The lowest BCUT2D eigenvalue weighted by Crippen LogP contribution is -2.06. The van der Waals surface area contributed by atoms with E-state index in [1.165, 1.54) is 25.7 Å². The molecule has 1 rings (SSSR count). The average molecular weight is 210 g/mol. The summed E-state index contributed by atoms with van der Waals surface area (Å²) in [4.78, 5) is 11.1. The molecular weight excluding hydrogens is 188 g/mol. The van der Waals surface area contributed by atoms with E-state index < -0.39 is 0 Å². The number of carbonyl (C=O) groups excluding carboxylic acids is 1. The van der Waals surface area contributed by atoms with Crippen molar-refractivity contribution in [3.8, 4) is 0 Å². The van der Waals surface area contributed by atoms with Crippen LogP contribution in [-0.2, 0) is 9.53 Å². The van der Waals surface area contributed by atoms with Crippen molar-refractivity contribution < 1.29 is 9.53 Å². The second-order valence-electron chi connectivity index (χ2n) is 4.20. The summed E-state index contributed by atoms with van der Waals surface area (Å²) >= 11 is 0. The zero-order chi connectivity index (χ0) is 10.9. The van der Waals surface area contributed by atoms with E-state index >= 15 is 0 Å². The Morgan fingerprint density at radius 3 is 2.80 bits per heavy atom. The molecule has 0 aromatic heterocycles. The molecule has 1 fully saturated rings. The van der Waals surface area contributed by atoms with Crippen LogP contribution in [0.2, 0.25) is 0 Å². The zero-order valence-electron chi connectivity index (χ0n) is 9.71. The lowest BCUT2D eigenvalue weighted by atomic mass is 10.0. The largest absolute Gasteiger partial charge is 0.465 e. The number of allylic oxidation sites excluding steroid dienone is 2. The minimum atomic E-state index is 0.00869. The number of hydrogen-bond acceptors (Lipinski definition) is 2. The van der Waals surface area contributed by atoms with Gasteiger partial charge in [0.05, 0.1) is 12.5 Å². The van der Waals surface area contributed by atoms with E-state index in [0.717, 1.165) is 19.3 Å². The predicted molar refractivity (Wildman–Crippen MR) is 61.6 cm³/mol. The Balaban J connectivity index is 1.98. The molecule has 0 aromatic rings. The minimum Gasteiger partial charge on any atom is -0.465 e. The van der Waals surface area contributed by atoms with E-state index in [1.807, 2.05) is 0 Å². The molecule has 1 atom stereocenters. The SMILES string of the molecule is CCCCC/C=C/CCC1CCOC1=O. The Hall–Kier alpha value is -0.790. The summed E-state index contributed by atoms with van der Waals surface area (Å²) in [6.07, 6.45) is 12.4. The molecule has 86 valence electrons. The van der Waals surface area contributed by atoms with Gasteiger partial charge < -0.3 is 4.74 Å². The molecule has 1 saturated heterocycles. The molecule has 1 heterocycles. The summed E-state index contributed by atoms with van der Waals surface area (Å²) in [7, 11) is 0. The van der Waals surface area contributed by atoms with Crippen LogP contribution in [-0.4, -0.2) is 12.6 Å². The summed E-state index contributed by atoms with van der Waals surface area (Å²) in [5, 5.41) is 0. The van der Waals surface area contributed by atoms with Crippen LogP contribution >= 0.6 is 0 Å². The number of unbranched alkanes of at least 4 members (excludes halogenated alkanes) is 3.